The first-order chi connectivity index (χ1) is 8.13. The van der Waals surface area contributed by atoms with Gasteiger partial charge in [-0.15, -0.1) is 11.3 Å². The van der Waals surface area contributed by atoms with Crippen molar-refractivity contribution in [3.63, 3.8) is 0 Å². The van der Waals surface area contributed by atoms with Gasteiger partial charge < -0.3 is 0 Å². The summed E-state index contributed by atoms with van der Waals surface area (Å²) in [6, 6.07) is 3.87. The molecule has 17 heavy (non-hydrogen) atoms. The fraction of sp³-hybridized carbons (Fsp3) is 0.643. The first-order valence-corrected chi connectivity index (χ1v) is 7.30. The lowest BCUT2D eigenvalue weighted by Crippen LogP contribution is -2.40. The fourth-order valence-corrected chi connectivity index (χ4v) is 2.98. The molecule has 0 bridgehead atoms. The van der Waals surface area contributed by atoms with Crippen LogP contribution in [0.3, 0.4) is 0 Å². The van der Waals surface area contributed by atoms with Crippen molar-refractivity contribution < 1.29 is 4.79 Å². The maximum Gasteiger partial charge on any atom is 0.186 e. The van der Waals surface area contributed by atoms with Crippen molar-refractivity contribution in [3.05, 3.63) is 22.4 Å². The normalized spacial score (nSPS) is 20.4. The van der Waals surface area contributed by atoms with Crippen LogP contribution in [0.2, 0.25) is 0 Å². The molecule has 1 aliphatic rings. The summed E-state index contributed by atoms with van der Waals surface area (Å²) in [6.07, 6.45) is 3.70. The summed E-state index contributed by atoms with van der Waals surface area (Å²) in [6.45, 7) is 7.38. The van der Waals surface area contributed by atoms with Gasteiger partial charge in [0.15, 0.2) is 5.78 Å². The second-order valence-corrected chi connectivity index (χ2v) is 6.29. The predicted octanol–water partition coefficient (Wildman–Crippen LogP) is 3.44. The Bertz CT molecular complexity index is 364. The maximum atomic E-state index is 12.0. The van der Waals surface area contributed by atoms with Gasteiger partial charge in [-0.3, -0.25) is 9.69 Å². The molecule has 2 heterocycles. The number of nitrogens with zero attached hydrogens (tertiary/aromatic N) is 1. The van der Waals surface area contributed by atoms with E-state index in [0.29, 0.717) is 12.0 Å². The fourth-order valence-electron chi connectivity index (χ4n) is 2.32. The second-order valence-electron chi connectivity index (χ2n) is 5.34. The first kappa shape index (κ1) is 12.8. The number of rotatable bonds is 4. The average molecular weight is 251 g/mol. The molecule has 0 aromatic carbocycles. The van der Waals surface area contributed by atoms with E-state index < -0.39 is 0 Å². The number of Topliss-reactive ketones (excluding diaryl/α,β-unsaturated/α-hetero) is 1. The molecule has 3 heteroatoms. The number of carbonyl (C=O) groups is 1. The van der Waals surface area contributed by atoms with Gasteiger partial charge in [-0.2, -0.15) is 0 Å². The Hall–Kier alpha value is -0.670. The zero-order valence-corrected chi connectivity index (χ0v) is 11.6. The lowest BCUT2D eigenvalue weighted by atomic mass is 9.78. The van der Waals surface area contributed by atoms with Gasteiger partial charge in [0.2, 0.25) is 0 Å². The molecule has 0 unspecified atom stereocenters. The molecule has 2 nitrogen and oxygen atoms in total. The zero-order chi connectivity index (χ0) is 12.3. The van der Waals surface area contributed by atoms with Crippen LogP contribution < -0.4 is 0 Å². The molecule has 1 aromatic rings. The SMILES string of the molecule is CCC1(C)CCN(CC(=O)c2cccs2)CC1. The lowest BCUT2D eigenvalue weighted by Gasteiger charge is -2.38. The molecule has 1 saturated heterocycles. The Morgan fingerprint density at radius 2 is 2.18 bits per heavy atom. The summed E-state index contributed by atoms with van der Waals surface area (Å²) >= 11 is 1.55. The first-order valence-electron chi connectivity index (χ1n) is 6.42. The highest BCUT2D eigenvalue weighted by Gasteiger charge is 2.28. The van der Waals surface area contributed by atoms with Gasteiger partial charge in [0.1, 0.15) is 0 Å². The second kappa shape index (κ2) is 5.32. The Kier molecular flexibility index (Phi) is 4.00. The number of thiophene rings is 1. The summed E-state index contributed by atoms with van der Waals surface area (Å²) in [5.41, 5.74) is 0.502. The Labute approximate surface area is 108 Å². The van der Waals surface area contributed by atoms with Crippen LogP contribution in [-0.4, -0.2) is 30.3 Å². The van der Waals surface area contributed by atoms with Crippen LogP contribution in [0.5, 0.6) is 0 Å². The number of carbonyl (C=O) groups excluding carboxylic acids is 1. The Balaban J connectivity index is 1.84. The van der Waals surface area contributed by atoms with Crippen molar-refractivity contribution in [1.82, 2.24) is 4.90 Å². The summed E-state index contributed by atoms with van der Waals surface area (Å²) in [5.74, 6) is 0.278. The molecule has 1 aliphatic heterocycles. The summed E-state index contributed by atoms with van der Waals surface area (Å²) in [4.78, 5) is 15.2. The van der Waals surface area contributed by atoms with Gasteiger partial charge in [-0.1, -0.05) is 26.3 Å². The van der Waals surface area contributed by atoms with E-state index in [2.05, 4.69) is 18.7 Å². The molecule has 94 valence electrons. The van der Waals surface area contributed by atoms with E-state index in [4.69, 9.17) is 0 Å². The third-order valence-electron chi connectivity index (χ3n) is 4.08. The largest absolute Gasteiger partial charge is 0.296 e. The number of ketones is 1. The Morgan fingerprint density at radius 3 is 2.71 bits per heavy atom. The molecule has 0 radical (unpaired) electrons. The molecule has 0 aliphatic carbocycles. The molecule has 1 fully saturated rings. The van der Waals surface area contributed by atoms with Crippen LogP contribution in [0.15, 0.2) is 17.5 Å². The van der Waals surface area contributed by atoms with Crippen LogP contribution in [0.25, 0.3) is 0 Å². The molecule has 0 saturated carbocycles. The molecular weight excluding hydrogens is 230 g/mol. The number of piperidine rings is 1. The average Bonchev–Trinajstić information content (AvgIpc) is 2.86. The standard InChI is InChI=1S/C14H21NOS/c1-3-14(2)6-8-15(9-7-14)11-12(16)13-5-4-10-17-13/h4-5,10H,3,6-9,11H2,1-2H3. The minimum absolute atomic E-state index is 0.278. The summed E-state index contributed by atoms with van der Waals surface area (Å²) in [5, 5.41) is 1.97. The van der Waals surface area contributed by atoms with Crippen LogP contribution in [0.1, 0.15) is 42.8 Å². The van der Waals surface area contributed by atoms with Gasteiger partial charge >= 0.3 is 0 Å². The minimum atomic E-state index is 0.278. The van der Waals surface area contributed by atoms with Crippen LogP contribution in [0.4, 0.5) is 0 Å². The van der Waals surface area contributed by atoms with Gasteiger partial charge in [0, 0.05) is 0 Å². The lowest BCUT2D eigenvalue weighted by molar-refractivity contribution is 0.0816. The minimum Gasteiger partial charge on any atom is -0.296 e. The number of likely N-dealkylation sites (tertiary alicyclic amines) is 1. The predicted molar refractivity (Wildman–Crippen MR) is 72.7 cm³/mol. The van der Waals surface area contributed by atoms with Crippen LogP contribution in [0, 0.1) is 5.41 Å². The summed E-state index contributed by atoms with van der Waals surface area (Å²) in [7, 11) is 0. The number of hydrogen-bond donors (Lipinski definition) is 0. The van der Waals surface area contributed by atoms with Gasteiger partial charge in [0.25, 0.3) is 0 Å². The van der Waals surface area contributed by atoms with E-state index in [1.165, 1.54) is 19.3 Å². The molecule has 0 amide bonds. The highest BCUT2D eigenvalue weighted by molar-refractivity contribution is 7.12. The van der Waals surface area contributed by atoms with E-state index in [0.717, 1.165) is 18.0 Å². The van der Waals surface area contributed by atoms with Gasteiger partial charge in [-0.05, 0) is 42.8 Å². The highest BCUT2D eigenvalue weighted by atomic mass is 32.1. The maximum absolute atomic E-state index is 12.0. The third-order valence-corrected chi connectivity index (χ3v) is 4.99. The van der Waals surface area contributed by atoms with E-state index >= 15 is 0 Å². The van der Waals surface area contributed by atoms with E-state index in [1.54, 1.807) is 11.3 Å². The molecule has 0 spiro atoms. The van der Waals surface area contributed by atoms with Crippen molar-refractivity contribution in [2.24, 2.45) is 5.41 Å². The van der Waals surface area contributed by atoms with Crippen LogP contribution in [-0.2, 0) is 0 Å². The van der Waals surface area contributed by atoms with Crippen LogP contribution >= 0.6 is 11.3 Å². The van der Waals surface area contributed by atoms with Crippen molar-refractivity contribution in [1.29, 1.82) is 0 Å². The molecule has 0 atom stereocenters. The quantitative estimate of drug-likeness (QED) is 0.764. The van der Waals surface area contributed by atoms with E-state index in [9.17, 15) is 4.79 Å². The van der Waals surface area contributed by atoms with Crippen molar-refractivity contribution >= 4 is 17.1 Å². The van der Waals surface area contributed by atoms with E-state index in [-0.39, 0.29) is 5.78 Å². The van der Waals surface area contributed by atoms with Gasteiger partial charge in [0.05, 0.1) is 11.4 Å². The van der Waals surface area contributed by atoms with Crippen molar-refractivity contribution in [3.8, 4) is 0 Å². The van der Waals surface area contributed by atoms with Gasteiger partial charge in [-0.25, -0.2) is 0 Å². The summed E-state index contributed by atoms with van der Waals surface area (Å²) < 4.78 is 0. The smallest absolute Gasteiger partial charge is 0.186 e. The van der Waals surface area contributed by atoms with Crippen molar-refractivity contribution in [2.75, 3.05) is 19.6 Å². The zero-order valence-electron chi connectivity index (χ0n) is 10.7. The molecule has 2 rings (SSSR count). The number of hydrogen-bond acceptors (Lipinski definition) is 3. The highest BCUT2D eigenvalue weighted by Crippen LogP contribution is 2.33. The molecular formula is C14H21NOS. The monoisotopic (exact) mass is 251 g/mol. The molecule has 0 N–H and O–H groups in total. The van der Waals surface area contributed by atoms with Crippen molar-refractivity contribution in [2.45, 2.75) is 33.1 Å². The third kappa shape index (κ3) is 3.17. The topological polar surface area (TPSA) is 20.3 Å². The van der Waals surface area contributed by atoms with E-state index in [1.807, 2.05) is 17.5 Å². The Morgan fingerprint density at radius 1 is 1.47 bits per heavy atom. The molecule has 1 aromatic heterocycles.